The summed E-state index contributed by atoms with van der Waals surface area (Å²) in [5, 5.41) is 90.4. The van der Waals surface area contributed by atoms with E-state index in [1.54, 1.807) is 24.3 Å². The summed E-state index contributed by atoms with van der Waals surface area (Å²) in [6, 6.07) is 9.53. The molecule has 47 heavy (non-hydrogen) atoms. The van der Waals surface area contributed by atoms with Gasteiger partial charge in [-0.25, -0.2) is 9.59 Å². The second kappa shape index (κ2) is 15.0. The lowest BCUT2D eigenvalue weighted by Crippen LogP contribution is -2.61. The minimum absolute atomic E-state index is 0.0193. The maximum absolute atomic E-state index is 11.6. The van der Waals surface area contributed by atoms with Gasteiger partial charge in [0.1, 0.15) is 36.6 Å². The fraction of sp³-hybridized carbons (Fsp3) is 0.548. The molecule has 0 saturated carbocycles. The van der Waals surface area contributed by atoms with Crippen molar-refractivity contribution in [3.05, 3.63) is 47.5 Å². The van der Waals surface area contributed by atoms with E-state index in [2.05, 4.69) is 0 Å². The Morgan fingerprint density at radius 2 is 1.09 bits per heavy atom. The van der Waals surface area contributed by atoms with Crippen LogP contribution in [-0.4, -0.2) is 126 Å². The predicted octanol–water partition coefficient (Wildman–Crippen LogP) is -1.000. The molecule has 0 aromatic heterocycles. The first-order chi connectivity index (χ1) is 22.1. The summed E-state index contributed by atoms with van der Waals surface area (Å²) in [7, 11) is 1.46. The van der Waals surface area contributed by atoms with Crippen LogP contribution in [0.5, 0.6) is 23.0 Å². The van der Waals surface area contributed by atoms with Gasteiger partial charge in [0.15, 0.2) is 35.2 Å². The normalized spacial score (nSPS) is 32.2. The summed E-state index contributed by atoms with van der Waals surface area (Å²) < 4.78 is 27.1. The fourth-order valence-corrected chi connectivity index (χ4v) is 5.41. The van der Waals surface area contributed by atoms with Gasteiger partial charge in [0.25, 0.3) is 0 Å². The van der Waals surface area contributed by atoms with Crippen molar-refractivity contribution in [3.63, 3.8) is 0 Å². The Morgan fingerprint density at radius 1 is 0.660 bits per heavy atom. The van der Waals surface area contributed by atoms with Crippen molar-refractivity contribution in [3.8, 4) is 23.0 Å². The van der Waals surface area contributed by atoms with Gasteiger partial charge in [-0.1, -0.05) is 26.0 Å². The Hall–Kier alpha value is -3.74. The third-order valence-corrected chi connectivity index (χ3v) is 8.45. The molecule has 2 saturated heterocycles. The van der Waals surface area contributed by atoms with Crippen LogP contribution in [0, 0.1) is 11.8 Å². The van der Waals surface area contributed by atoms with Gasteiger partial charge < -0.3 is 69.6 Å². The lowest BCUT2D eigenvalue weighted by atomic mass is 9.85. The van der Waals surface area contributed by atoms with Gasteiger partial charge in [-0.05, 0) is 60.1 Å². The van der Waals surface area contributed by atoms with Crippen molar-refractivity contribution in [2.75, 3.05) is 7.11 Å². The maximum atomic E-state index is 11.6. The fourth-order valence-electron chi connectivity index (χ4n) is 5.41. The van der Waals surface area contributed by atoms with Crippen molar-refractivity contribution in [2.45, 2.75) is 88.1 Å². The molecular weight excluding hydrogens is 628 g/mol. The smallest absolute Gasteiger partial charge is 0.335 e. The van der Waals surface area contributed by atoms with Crippen LogP contribution in [0.1, 0.15) is 25.0 Å². The van der Waals surface area contributed by atoms with E-state index in [1.807, 2.05) is 13.8 Å². The standard InChI is InChI=1S/C31H40O16/c1-12(8-14-4-6-16(32)18(10-14)43-3)13(2)9-15-5-7-17(44-30-24(37)20(33)22(35)26(46-30)28(39)40)19(11-15)45-31-25(38)21(34)23(36)27(47-31)29(41)42/h4-7,10-13,20-27,30-38H,8-9H2,1-3H3,(H,39,40)(H,41,42)/t12-,13+,20+,21+,22+,23+,24-,25-,26+,27+,30-,31-/m1/s1. The Labute approximate surface area is 268 Å². The lowest BCUT2D eigenvalue weighted by molar-refractivity contribution is -0.276. The molecule has 2 aromatic carbocycles. The molecule has 0 radical (unpaired) electrons. The molecule has 2 fully saturated rings. The highest BCUT2D eigenvalue weighted by Crippen LogP contribution is 2.36. The summed E-state index contributed by atoms with van der Waals surface area (Å²) in [5.74, 6) is -3.21. The first-order valence-electron chi connectivity index (χ1n) is 14.8. The zero-order valence-electron chi connectivity index (χ0n) is 25.7. The summed E-state index contributed by atoms with van der Waals surface area (Å²) in [5.41, 5.74) is 1.58. The zero-order valence-corrected chi connectivity index (χ0v) is 25.7. The number of carboxylic acids is 2. The number of aromatic hydroxyl groups is 1. The van der Waals surface area contributed by atoms with Crippen LogP contribution in [0.3, 0.4) is 0 Å². The van der Waals surface area contributed by atoms with Gasteiger partial charge in [-0.3, -0.25) is 0 Å². The number of methoxy groups -OCH3 is 1. The Balaban J connectivity index is 1.61. The molecule has 2 aliphatic heterocycles. The van der Waals surface area contributed by atoms with Crippen LogP contribution < -0.4 is 14.2 Å². The molecule has 16 nitrogen and oxygen atoms in total. The van der Waals surface area contributed by atoms with Gasteiger partial charge in [-0.15, -0.1) is 0 Å². The quantitative estimate of drug-likeness (QED) is 0.131. The molecule has 4 rings (SSSR count). The number of carbonyl (C=O) groups is 2. The summed E-state index contributed by atoms with van der Waals surface area (Å²) in [6.07, 6.45) is -18.3. The molecule has 0 unspecified atom stereocenters. The first kappa shape index (κ1) is 36.1. The number of ether oxygens (including phenoxy) is 5. The number of carboxylic acid groups (broad SMARTS) is 2. The number of hydrogen-bond donors (Lipinski definition) is 9. The van der Waals surface area contributed by atoms with Crippen molar-refractivity contribution in [2.24, 2.45) is 11.8 Å². The van der Waals surface area contributed by atoms with E-state index in [1.165, 1.54) is 19.2 Å². The van der Waals surface area contributed by atoms with Crippen LogP contribution in [0.15, 0.2) is 36.4 Å². The number of aliphatic carboxylic acids is 2. The first-order valence-corrected chi connectivity index (χ1v) is 14.8. The van der Waals surface area contributed by atoms with E-state index in [-0.39, 0.29) is 29.1 Å². The predicted molar refractivity (Wildman–Crippen MR) is 157 cm³/mol. The van der Waals surface area contributed by atoms with Gasteiger partial charge in [0, 0.05) is 0 Å². The molecule has 16 heteroatoms. The number of aliphatic hydroxyl groups is 6. The largest absolute Gasteiger partial charge is 0.504 e. The number of aliphatic hydroxyl groups excluding tert-OH is 6. The van der Waals surface area contributed by atoms with Crippen molar-refractivity contribution < 1.29 is 79.2 Å². The average Bonchev–Trinajstić information content (AvgIpc) is 3.02. The van der Waals surface area contributed by atoms with Crippen molar-refractivity contribution in [1.29, 1.82) is 0 Å². The van der Waals surface area contributed by atoms with E-state index in [9.17, 15) is 55.5 Å². The second-order valence-corrected chi connectivity index (χ2v) is 11.9. The SMILES string of the molecule is COc1cc(C[C@@H](C)[C@@H](C)Cc2ccc(O[C@@H]3O[C@H](C(=O)O)[C@@H](O)[C@H](O)[C@H]3O)c(O[C@@H]3O[C@H](C(=O)O)[C@@H](O)[C@H](O)[C@H]3O)c2)ccc1O. The second-order valence-electron chi connectivity index (χ2n) is 11.9. The molecular formula is C31H40O16. The molecule has 0 amide bonds. The van der Waals surface area contributed by atoms with Crippen LogP contribution in [0.4, 0.5) is 0 Å². The zero-order chi connectivity index (χ0) is 34.7. The minimum atomic E-state index is -1.98. The summed E-state index contributed by atoms with van der Waals surface area (Å²) in [6.45, 7) is 4.03. The van der Waals surface area contributed by atoms with E-state index >= 15 is 0 Å². The van der Waals surface area contributed by atoms with Crippen molar-refractivity contribution >= 4 is 11.9 Å². The highest BCUT2D eigenvalue weighted by molar-refractivity contribution is 5.74. The molecule has 0 bridgehead atoms. The van der Waals surface area contributed by atoms with Gasteiger partial charge >= 0.3 is 11.9 Å². The van der Waals surface area contributed by atoms with Gasteiger partial charge in [0.05, 0.1) is 7.11 Å². The van der Waals surface area contributed by atoms with Crippen LogP contribution in [-0.2, 0) is 31.9 Å². The molecule has 0 spiro atoms. The number of phenolic OH excluding ortho intramolecular Hbond substituents is 1. The lowest BCUT2D eigenvalue weighted by Gasteiger charge is -2.40. The monoisotopic (exact) mass is 668 g/mol. The van der Waals surface area contributed by atoms with E-state index in [0.717, 1.165) is 5.56 Å². The Bertz CT molecular complexity index is 1400. The summed E-state index contributed by atoms with van der Waals surface area (Å²) >= 11 is 0. The Morgan fingerprint density at radius 3 is 1.53 bits per heavy atom. The van der Waals surface area contributed by atoms with Gasteiger partial charge in [0.2, 0.25) is 12.6 Å². The number of hydrogen-bond acceptors (Lipinski definition) is 14. The molecule has 9 N–H and O–H groups in total. The number of rotatable bonds is 12. The van der Waals surface area contributed by atoms with Crippen molar-refractivity contribution in [1.82, 2.24) is 0 Å². The molecule has 0 aliphatic carbocycles. The highest BCUT2D eigenvalue weighted by atomic mass is 16.7. The maximum Gasteiger partial charge on any atom is 0.335 e. The molecule has 12 atom stereocenters. The number of benzene rings is 2. The van der Waals surface area contributed by atoms with Crippen LogP contribution in [0.2, 0.25) is 0 Å². The topological polar surface area (TPSA) is 262 Å². The van der Waals surface area contributed by atoms with Crippen LogP contribution in [0.25, 0.3) is 0 Å². The van der Waals surface area contributed by atoms with E-state index in [4.69, 9.17) is 23.7 Å². The molecule has 2 heterocycles. The van der Waals surface area contributed by atoms with Gasteiger partial charge in [-0.2, -0.15) is 0 Å². The molecule has 260 valence electrons. The van der Waals surface area contributed by atoms with E-state index < -0.39 is 73.4 Å². The minimum Gasteiger partial charge on any atom is -0.504 e. The average molecular weight is 669 g/mol. The Kier molecular flexibility index (Phi) is 11.5. The molecule has 2 aliphatic rings. The third-order valence-electron chi connectivity index (χ3n) is 8.45. The van der Waals surface area contributed by atoms with E-state index in [0.29, 0.717) is 24.2 Å². The highest BCUT2D eigenvalue weighted by Gasteiger charge is 2.50. The molecule has 2 aromatic rings. The third kappa shape index (κ3) is 8.05. The summed E-state index contributed by atoms with van der Waals surface area (Å²) in [4.78, 5) is 23.2. The number of phenols is 1. The van der Waals surface area contributed by atoms with Crippen LogP contribution >= 0.6 is 0 Å².